The molecule has 3 aromatic carbocycles. The number of rotatable bonds is 9. The molecule has 0 aliphatic carbocycles. The van der Waals surface area contributed by atoms with E-state index in [4.69, 9.17) is 4.74 Å². The highest BCUT2D eigenvalue weighted by atomic mass is 32.2. The molecule has 1 atom stereocenters. The molecule has 0 fully saturated rings. The molecule has 35 heavy (non-hydrogen) atoms. The first kappa shape index (κ1) is 26.4. The van der Waals surface area contributed by atoms with Gasteiger partial charge >= 0.3 is 12.1 Å². The van der Waals surface area contributed by atoms with Gasteiger partial charge in [0.2, 0.25) is 0 Å². The second-order valence-corrected chi connectivity index (χ2v) is 10.7. The zero-order valence-electron chi connectivity index (χ0n) is 20.7. The van der Waals surface area contributed by atoms with Gasteiger partial charge in [0.05, 0.1) is 4.75 Å². The molecule has 1 N–H and O–H groups in total. The van der Waals surface area contributed by atoms with Gasteiger partial charge in [0.1, 0.15) is 11.6 Å². The second kappa shape index (κ2) is 11.5. The van der Waals surface area contributed by atoms with Gasteiger partial charge in [-0.2, -0.15) is 0 Å². The van der Waals surface area contributed by atoms with Gasteiger partial charge < -0.3 is 9.84 Å². The average molecular weight is 492 g/mol. The summed E-state index contributed by atoms with van der Waals surface area (Å²) in [5, 5.41) is 9.91. The zero-order valence-corrected chi connectivity index (χ0v) is 21.5. The fourth-order valence-electron chi connectivity index (χ4n) is 4.04. The van der Waals surface area contributed by atoms with Crippen LogP contribution in [0.15, 0.2) is 91.0 Å². The molecule has 0 aliphatic rings. The standard InChI is InChI=1S/C29H33NO4S/c1-28(2,3)34-27(33)30(4)25(26(31)32)20-21-35-29(22-14-8-5-9-15-22,23-16-10-6-11-17-23)24-18-12-7-13-19-24/h5-19,25H,20-21H2,1-4H3,(H,31,32)/t25-/m1/s1. The number of thioether (sulfide) groups is 1. The third-order valence-electron chi connectivity index (χ3n) is 5.68. The van der Waals surface area contributed by atoms with E-state index in [9.17, 15) is 14.7 Å². The summed E-state index contributed by atoms with van der Waals surface area (Å²) in [4.78, 5) is 25.9. The van der Waals surface area contributed by atoms with E-state index in [-0.39, 0.29) is 6.42 Å². The summed E-state index contributed by atoms with van der Waals surface area (Å²) in [6.45, 7) is 5.29. The Morgan fingerprint density at radius 3 is 1.57 bits per heavy atom. The van der Waals surface area contributed by atoms with Crippen LogP contribution in [0.3, 0.4) is 0 Å². The number of aliphatic carboxylic acids is 1. The van der Waals surface area contributed by atoms with E-state index in [1.807, 2.05) is 54.6 Å². The van der Waals surface area contributed by atoms with Crippen LogP contribution in [-0.4, -0.2) is 46.5 Å². The Labute approximate surface area is 212 Å². The lowest BCUT2D eigenvalue weighted by molar-refractivity contribution is -0.142. The van der Waals surface area contributed by atoms with Crippen molar-refractivity contribution in [1.82, 2.24) is 4.90 Å². The summed E-state index contributed by atoms with van der Waals surface area (Å²) in [7, 11) is 1.48. The third-order valence-corrected chi connectivity index (χ3v) is 7.26. The van der Waals surface area contributed by atoms with Gasteiger partial charge in [-0.25, -0.2) is 9.59 Å². The van der Waals surface area contributed by atoms with Gasteiger partial charge in [0.25, 0.3) is 0 Å². The van der Waals surface area contributed by atoms with Gasteiger partial charge in [0.15, 0.2) is 0 Å². The Morgan fingerprint density at radius 2 is 1.23 bits per heavy atom. The summed E-state index contributed by atoms with van der Waals surface area (Å²) in [5.74, 6) is -0.549. The Bertz CT molecular complexity index is 1000. The lowest BCUT2D eigenvalue weighted by Crippen LogP contribution is -2.45. The van der Waals surface area contributed by atoms with Crippen molar-refractivity contribution in [3.8, 4) is 0 Å². The summed E-state index contributed by atoms with van der Waals surface area (Å²) < 4.78 is 4.86. The first-order chi connectivity index (χ1) is 16.6. The highest BCUT2D eigenvalue weighted by Gasteiger charge is 2.38. The van der Waals surface area contributed by atoms with Crippen molar-refractivity contribution in [3.63, 3.8) is 0 Å². The molecule has 3 rings (SSSR count). The molecule has 0 unspecified atom stereocenters. The highest BCUT2D eigenvalue weighted by molar-refractivity contribution is 8.00. The lowest BCUT2D eigenvalue weighted by Gasteiger charge is -2.36. The third kappa shape index (κ3) is 6.45. The molecule has 0 saturated carbocycles. The van der Waals surface area contributed by atoms with Crippen molar-refractivity contribution >= 4 is 23.8 Å². The van der Waals surface area contributed by atoms with E-state index in [1.165, 1.54) is 11.9 Å². The predicted octanol–water partition coefficient (Wildman–Crippen LogP) is 6.42. The van der Waals surface area contributed by atoms with E-state index < -0.39 is 28.5 Å². The Kier molecular flexibility index (Phi) is 8.62. The minimum atomic E-state index is -1.05. The van der Waals surface area contributed by atoms with Crippen LogP contribution in [0, 0.1) is 0 Å². The normalized spacial score (nSPS) is 12.6. The molecule has 184 valence electrons. The number of benzene rings is 3. The van der Waals surface area contributed by atoms with Crippen LogP contribution < -0.4 is 0 Å². The van der Waals surface area contributed by atoms with Crippen LogP contribution in [0.1, 0.15) is 43.9 Å². The molecule has 1 amide bonds. The molecule has 5 nitrogen and oxygen atoms in total. The number of likely N-dealkylation sites (N-methyl/N-ethyl adjacent to an activating group) is 1. The molecule has 0 bridgehead atoms. The maximum Gasteiger partial charge on any atom is 0.410 e. The Balaban J connectivity index is 1.95. The van der Waals surface area contributed by atoms with Gasteiger partial charge in [-0.15, -0.1) is 11.8 Å². The maximum absolute atomic E-state index is 12.6. The second-order valence-electron chi connectivity index (χ2n) is 9.36. The van der Waals surface area contributed by atoms with Crippen molar-refractivity contribution in [3.05, 3.63) is 108 Å². The number of hydrogen-bond donors (Lipinski definition) is 1. The fraction of sp³-hybridized carbons (Fsp3) is 0.310. The van der Waals surface area contributed by atoms with Crippen LogP contribution in [0.25, 0.3) is 0 Å². The van der Waals surface area contributed by atoms with Crippen LogP contribution >= 0.6 is 11.8 Å². The Hall–Kier alpha value is -3.25. The van der Waals surface area contributed by atoms with Gasteiger partial charge in [-0.1, -0.05) is 91.0 Å². The maximum atomic E-state index is 12.6. The van der Waals surface area contributed by atoms with E-state index in [0.717, 1.165) is 16.7 Å². The molecule has 0 saturated heterocycles. The first-order valence-corrected chi connectivity index (χ1v) is 12.6. The number of nitrogens with zero attached hydrogens (tertiary/aromatic N) is 1. The van der Waals surface area contributed by atoms with Crippen LogP contribution in [0.2, 0.25) is 0 Å². The average Bonchev–Trinajstić information content (AvgIpc) is 2.84. The van der Waals surface area contributed by atoms with Gasteiger partial charge in [0, 0.05) is 7.05 Å². The SMILES string of the molecule is CN(C(=O)OC(C)(C)C)[C@H](CCSC(c1ccccc1)(c1ccccc1)c1ccccc1)C(=O)O. The Morgan fingerprint density at radius 1 is 0.829 bits per heavy atom. The van der Waals surface area contributed by atoms with E-state index in [0.29, 0.717) is 5.75 Å². The molecule has 0 radical (unpaired) electrons. The number of carboxylic acid groups (broad SMARTS) is 1. The van der Waals surface area contributed by atoms with E-state index >= 15 is 0 Å². The van der Waals surface area contributed by atoms with Gasteiger partial charge in [-0.3, -0.25) is 4.90 Å². The molecule has 0 spiro atoms. The van der Waals surface area contributed by atoms with Crippen molar-refractivity contribution in [2.45, 2.75) is 43.6 Å². The smallest absolute Gasteiger partial charge is 0.410 e. The summed E-state index contributed by atoms with van der Waals surface area (Å²) in [6.07, 6.45) is -0.375. The highest BCUT2D eigenvalue weighted by Crippen LogP contribution is 2.48. The number of ether oxygens (including phenoxy) is 1. The zero-order chi connectivity index (χ0) is 25.5. The van der Waals surface area contributed by atoms with Crippen molar-refractivity contribution in [2.24, 2.45) is 0 Å². The van der Waals surface area contributed by atoms with Crippen molar-refractivity contribution < 1.29 is 19.4 Å². The molecular formula is C29H33NO4S. The summed E-state index contributed by atoms with van der Waals surface area (Å²) >= 11 is 1.67. The van der Waals surface area contributed by atoms with E-state index in [2.05, 4.69) is 36.4 Å². The fourth-order valence-corrected chi connectivity index (χ4v) is 5.59. The summed E-state index contributed by atoms with van der Waals surface area (Å²) in [5.41, 5.74) is 2.62. The largest absolute Gasteiger partial charge is 0.480 e. The number of carboxylic acids is 1. The molecular weight excluding hydrogens is 458 g/mol. The predicted molar refractivity (Wildman–Crippen MR) is 142 cm³/mol. The number of carbonyl (C=O) groups excluding carboxylic acids is 1. The van der Waals surface area contributed by atoms with E-state index in [1.54, 1.807) is 32.5 Å². The quantitative estimate of drug-likeness (QED) is 0.350. The summed E-state index contributed by atoms with van der Waals surface area (Å²) in [6, 6.07) is 29.7. The minimum absolute atomic E-state index is 0.268. The first-order valence-electron chi connectivity index (χ1n) is 11.6. The van der Waals surface area contributed by atoms with Crippen molar-refractivity contribution in [1.29, 1.82) is 0 Å². The molecule has 6 heteroatoms. The molecule has 3 aromatic rings. The number of hydrogen-bond acceptors (Lipinski definition) is 4. The lowest BCUT2D eigenvalue weighted by atomic mass is 9.84. The molecule has 0 heterocycles. The number of amides is 1. The molecule has 0 aliphatic heterocycles. The van der Waals surface area contributed by atoms with Gasteiger partial charge in [-0.05, 0) is 49.6 Å². The number of carbonyl (C=O) groups is 2. The molecule has 0 aromatic heterocycles. The topological polar surface area (TPSA) is 66.8 Å². The van der Waals surface area contributed by atoms with Crippen LogP contribution in [0.4, 0.5) is 4.79 Å². The van der Waals surface area contributed by atoms with Crippen LogP contribution in [-0.2, 0) is 14.3 Å². The van der Waals surface area contributed by atoms with Crippen molar-refractivity contribution in [2.75, 3.05) is 12.8 Å². The van der Waals surface area contributed by atoms with Crippen LogP contribution in [0.5, 0.6) is 0 Å². The monoisotopic (exact) mass is 491 g/mol. The minimum Gasteiger partial charge on any atom is -0.480 e.